The molecule has 2 saturated heterocycles. The zero-order valence-corrected chi connectivity index (χ0v) is 15.2. The van der Waals surface area contributed by atoms with Crippen LogP contribution in [0.4, 0.5) is 0 Å². The normalized spacial score (nSPS) is 31.8. The fourth-order valence-corrected chi connectivity index (χ4v) is 5.00. The van der Waals surface area contributed by atoms with Crippen molar-refractivity contribution < 1.29 is 9.90 Å². The lowest BCUT2D eigenvalue weighted by atomic mass is 9.74. The summed E-state index contributed by atoms with van der Waals surface area (Å²) >= 11 is 0. The second-order valence-corrected chi connectivity index (χ2v) is 8.24. The third-order valence-corrected chi connectivity index (χ3v) is 6.63. The first kappa shape index (κ1) is 17.0. The molecule has 1 N–H and O–H groups in total. The molecule has 6 nitrogen and oxygen atoms in total. The number of carbonyl (C=O) groups is 1. The molecule has 0 bridgehead atoms. The molecule has 0 aromatic carbocycles. The average Bonchev–Trinajstić information content (AvgIpc) is 3.07. The van der Waals surface area contributed by atoms with Crippen LogP contribution in [-0.2, 0) is 7.05 Å². The van der Waals surface area contributed by atoms with Gasteiger partial charge in [0.25, 0.3) is 5.91 Å². The number of amides is 1. The Morgan fingerprint density at radius 1 is 1.20 bits per heavy atom. The van der Waals surface area contributed by atoms with E-state index in [1.807, 2.05) is 11.9 Å². The van der Waals surface area contributed by atoms with Gasteiger partial charge in [0.15, 0.2) is 0 Å². The van der Waals surface area contributed by atoms with E-state index < -0.39 is 5.60 Å². The fraction of sp³-hybridized carbons (Fsp3) is 0.789. The van der Waals surface area contributed by atoms with Crippen molar-refractivity contribution in [3.05, 3.63) is 18.0 Å². The molecule has 0 unspecified atom stereocenters. The van der Waals surface area contributed by atoms with Crippen LogP contribution in [0.15, 0.2) is 12.4 Å². The third kappa shape index (κ3) is 3.34. The maximum atomic E-state index is 12.8. The largest absolute Gasteiger partial charge is 0.389 e. The van der Waals surface area contributed by atoms with Gasteiger partial charge in [-0.25, -0.2) is 0 Å². The van der Waals surface area contributed by atoms with Gasteiger partial charge in [0.1, 0.15) is 0 Å². The highest BCUT2D eigenvalue weighted by Crippen LogP contribution is 2.38. The SMILES string of the molecule is Cn1cc(C(=O)N2CC[C@@]3(O)CCN(C4CCCCC4)C[C@H]3C2)cn1. The first-order valence-electron chi connectivity index (χ1n) is 9.79. The first-order valence-corrected chi connectivity index (χ1v) is 9.79. The summed E-state index contributed by atoms with van der Waals surface area (Å²) in [6, 6.07) is 0.683. The van der Waals surface area contributed by atoms with Gasteiger partial charge in [-0.2, -0.15) is 5.10 Å². The minimum Gasteiger partial charge on any atom is -0.389 e. The first-order chi connectivity index (χ1) is 12.0. The Labute approximate surface area is 149 Å². The van der Waals surface area contributed by atoms with E-state index in [1.54, 1.807) is 17.1 Å². The summed E-state index contributed by atoms with van der Waals surface area (Å²) in [6.07, 6.45) is 11.6. The molecule has 1 aromatic heterocycles. The number of aliphatic hydroxyl groups is 1. The molecule has 3 heterocycles. The van der Waals surface area contributed by atoms with E-state index in [0.717, 1.165) is 19.5 Å². The predicted molar refractivity (Wildman–Crippen MR) is 95.2 cm³/mol. The van der Waals surface area contributed by atoms with Crippen molar-refractivity contribution in [3.8, 4) is 0 Å². The highest BCUT2D eigenvalue weighted by atomic mass is 16.3. The Balaban J connectivity index is 1.44. The molecule has 6 heteroatoms. The minimum absolute atomic E-state index is 0.0462. The molecule has 1 aliphatic carbocycles. The zero-order chi connectivity index (χ0) is 17.4. The van der Waals surface area contributed by atoms with Crippen LogP contribution >= 0.6 is 0 Å². The smallest absolute Gasteiger partial charge is 0.257 e. The lowest BCUT2D eigenvalue weighted by molar-refractivity contribution is -0.115. The second-order valence-electron chi connectivity index (χ2n) is 8.24. The molecule has 3 fully saturated rings. The summed E-state index contributed by atoms with van der Waals surface area (Å²) in [6.45, 7) is 3.24. The number of aryl methyl sites for hydroxylation is 1. The molecule has 1 aromatic rings. The van der Waals surface area contributed by atoms with E-state index in [4.69, 9.17) is 0 Å². The van der Waals surface area contributed by atoms with E-state index in [0.29, 0.717) is 31.1 Å². The van der Waals surface area contributed by atoms with Gasteiger partial charge in [-0.1, -0.05) is 19.3 Å². The molecule has 2 aliphatic heterocycles. The second kappa shape index (κ2) is 6.72. The summed E-state index contributed by atoms with van der Waals surface area (Å²) in [4.78, 5) is 17.3. The van der Waals surface area contributed by atoms with Crippen LogP contribution in [0.5, 0.6) is 0 Å². The molecular weight excluding hydrogens is 316 g/mol. The van der Waals surface area contributed by atoms with Crippen molar-refractivity contribution in [1.82, 2.24) is 19.6 Å². The van der Waals surface area contributed by atoms with E-state index in [1.165, 1.54) is 32.1 Å². The van der Waals surface area contributed by atoms with E-state index in [2.05, 4.69) is 10.00 Å². The molecule has 0 spiro atoms. The summed E-state index contributed by atoms with van der Waals surface area (Å²) in [7, 11) is 1.83. The lowest BCUT2D eigenvalue weighted by Gasteiger charge is -2.52. The Kier molecular flexibility index (Phi) is 4.58. The molecule has 2 atom stereocenters. The number of carbonyl (C=O) groups excluding carboxylic acids is 1. The molecular formula is C19H30N4O2. The fourth-order valence-electron chi connectivity index (χ4n) is 5.00. The molecule has 25 heavy (non-hydrogen) atoms. The van der Waals surface area contributed by atoms with Crippen LogP contribution in [0, 0.1) is 5.92 Å². The van der Waals surface area contributed by atoms with Gasteiger partial charge in [-0.15, -0.1) is 0 Å². The van der Waals surface area contributed by atoms with Crippen LogP contribution < -0.4 is 0 Å². The predicted octanol–water partition coefficient (Wildman–Crippen LogP) is 1.65. The molecule has 1 saturated carbocycles. The Bertz CT molecular complexity index is 625. The number of fused-ring (bicyclic) bond motifs is 1. The van der Waals surface area contributed by atoms with Gasteiger partial charge in [0.05, 0.1) is 17.4 Å². The highest BCUT2D eigenvalue weighted by molar-refractivity contribution is 5.93. The van der Waals surface area contributed by atoms with Crippen molar-refractivity contribution in [2.75, 3.05) is 26.2 Å². The van der Waals surface area contributed by atoms with E-state index in [-0.39, 0.29) is 11.8 Å². The number of nitrogens with zero attached hydrogens (tertiary/aromatic N) is 4. The maximum Gasteiger partial charge on any atom is 0.257 e. The van der Waals surface area contributed by atoms with Gasteiger partial charge >= 0.3 is 0 Å². The van der Waals surface area contributed by atoms with Gasteiger partial charge in [0.2, 0.25) is 0 Å². The highest BCUT2D eigenvalue weighted by Gasteiger charge is 2.47. The van der Waals surface area contributed by atoms with Crippen LogP contribution in [0.1, 0.15) is 55.3 Å². The van der Waals surface area contributed by atoms with Gasteiger partial charge in [-0.3, -0.25) is 14.4 Å². The van der Waals surface area contributed by atoms with Crippen molar-refractivity contribution in [2.45, 2.75) is 56.6 Å². The molecule has 138 valence electrons. The maximum absolute atomic E-state index is 12.8. The van der Waals surface area contributed by atoms with Crippen LogP contribution in [0.2, 0.25) is 0 Å². The van der Waals surface area contributed by atoms with Gasteiger partial charge in [-0.05, 0) is 25.7 Å². The number of rotatable bonds is 2. The van der Waals surface area contributed by atoms with Crippen LogP contribution in [0.3, 0.4) is 0 Å². The topological polar surface area (TPSA) is 61.6 Å². The van der Waals surface area contributed by atoms with Gasteiger partial charge < -0.3 is 10.0 Å². The van der Waals surface area contributed by atoms with Crippen LogP contribution in [-0.4, -0.2) is 68.4 Å². The monoisotopic (exact) mass is 346 g/mol. The average molecular weight is 346 g/mol. The quantitative estimate of drug-likeness (QED) is 0.885. The lowest BCUT2D eigenvalue weighted by Crippen LogP contribution is -2.62. The Hall–Kier alpha value is -1.40. The number of likely N-dealkylation sites (tertiary alicyclic amines) is 2. The Morgan fingerprint density at radius 3 is 2.68 bits per heavy atom. The molecule has 4 rings (SSSR count). The van der Waals surface area contributed by atoms with Crippen molar-refractivity contribution in [3.63, 3.8) is 0 Å². The van der Waals surface area contributed by atoms with E-state index in [9.17, 15) is 9.90 Å². The number of hydrogen-bond donors (Lipinski definition) is 1. The summed E-state index contributed by atoms with van der Waals surface area (Å²) in [5.41, 5.74) is 0.0598. The Morgan fingerprint density at radius 2 is 1.96 bits per heavy atom. The van der Waals surface area contributed by atoms with Crippen LogP contribution in [0.25, 0.3) is 0 Å². The summed E-state index contributed by atoms with van der Waals surface area (Å²) in [5.74, 6) is 0.211. The van der Waals surface area contributed by atoms with Gasteiger partial charge in [0, 0.05) is 51.4 Å². The number of hydrogen-bond acceptors (Lipinski definition) is 4. The summed E-state index contributed by atoms with van der Waals surface area (Å²) < 4.78 is 1.67. The standard InChI is InChI=1S/C19H30N4O2/c1-21-12-15(11-20-21)18(24)23-10-8-19(25)7-9-22(13-16(19)14-23)17-5-3-2-4-6-17/h11-12,16-17,25H,2-10,13-14H2,1H3/t16-,19-/m0/s1. The molecule has 0 radical (unpaired) electrons. The van der Waals surface area contributed by atoms with Crippen molar-refractivity contribution >= 4 is 5.91 Å². The number of aromatic nitrogens is 2. The van der Waals surface area contributed by atoms with Crippen molar-refractivity contribution in [1.29, 1.82) is 0 Å². The number of piperidine rings is 2. The van der Waals surface area contributed by atoms with E-state index >= 15 is 0 Å². The van der Waals surface area contributed by atoms with Crippen molar-refractivity contribution in [2.24, 2.45) is 13.0 Å². The zero-order valence-electron chi connectivity index (χ0n) is 15.2. The molecule has 3 aliphatic rings. The molecule has 1 amide bonds. The third-order valence-electron chi connectivity index (χ3n) is 6.63. The summed E-state index contributed by atoms with van der Waals surface area (Å²) in [5, 5.41) is 15.2. The minimum atomic E-state index is -0.586.